The van der Waals surface area contributed by atoms with Gasteiger partial charge in [-0.1, -0.05) is 0 Å². The van der Waals surface area contributed by atoms with Crippen molar-refractivity contribution in [2.24, 2.45) is 0 Å². The number of halogens is 7. The van der Waals surface area contributed by atoms with Gasteiger partial charge in [0.2, 0.25) is 5.88 Å². The van der Waals surface area contributed by atoms with Crippen LogP contribution in [-0.4, -0.2) is 11.3 Å². The first-order chi connectivity index (χ1) is 7.76. The minimum atomic E-state index is -5.12. The Morgan fingerprint density at radius 3 is 2.35 bits per heavy atom. The van der Waals surface area contributed by atoms with Gasteiger partial charge in [0.15, 0.2) is 5.82 Å². The monoisotopic (exact) mass is 279 g/mol. The Morgan fingerprint density at radius 1 is 1.35 bits per heavy atom. The number of pyridine rings is 1. The molecule has 0 spiro atoms. The largest absolute Gasteiger partial charge is 0.574 e. The molecule has 2 nitrogen and oxygen atoms in total. The van der Waals surface area contributed by atoms with Crippen molar-refractivity contribution in [2.75, 3.05) is 0 Å². The van der Waals surface area contributed by atoms with E-state index in [1.165, 1.54) is 0 Å². The topological polar surface area (TPSA) is 22.1 Å². The van der Waals surface area contributed by atoms with Gasteiger partial charge in [0.05, 0.1) is 17.6 Å². The zero-order chi connectivity index (χ0) is 13.2. The third-order valence-corrected chi connectivity index (χ3v) is 1.97. The quantitative estimate of drug-likeness (QED) is 0.620. The first kappa shape index (κ1) is 13.9. The van der Waals surface area contributed by atoms with E-state index in [4.69, 9.17) is 11.6 Å². The molecule has 0 bridgehead atoms. The van der Waals surface area contributed by atoms with Gasteiger partial charge in [0.25, 0.3) is 6.43 Å². The fourth-order valence-corrected chi connectivity index (χ4v) is 1.34. The van der Waals surface area contributed by atoms with Crippen LogP contribution in [0.3, 0.4) is 0 Å². The second-order valence-corrected chi connectivity index (χ2v) is 3.05. The lowest BCUT2D eigenvalue weighted by atomic mass is 10.1. The summed E-state index contributed by atoms with van der Waals surface area (Å²) in [5.74, 6) is -3.40. The first-order valence-electron chi connectivity index (χ1n) is 4.03. The van der Waals surface area contributed by atoms with Gasteiger partial charge in [-0.25, -0.2) is 18.2 Å². The lowest BCUT2D eigenvalue weighted by molar-refractivity contribution is -0.276. The summed E-state index contributed by atoms with van der Waals surface area (Å²) in [7, 11) is 0. The highest BCUT2D eigenvalue weighted by molar-refractivity contribution is 6.17. The molecule has 0 fully saturated rings. The van der Waals surface area contributed by atoms with E-state index in [-0.39, 0.29) is 6.20 Å². The Labute approximate surface area is 96.2 Å². The number of hydrogen-bond donors (Lipinski definition) is 0. The van der Waals surface area contributed by atoms with Crippen molar-refractivity contribution in [2.45, 2.75) is 18.7 Å². The number of rotatable bonds is 3. The van der Waals surface area contributed by atoms with E-state index in [9.17, 15) is 26.3 Å². The summed E-state index contributed by atoms with van der Waals surface area (Å²) >= 11 is 5.19. The molecule has 0 saturated heterocycles. The molecule has 0 aromatic carbocycles. The highest BCUT2D eigenvalue weighted by atomic mass is 35.5. The molecule has 1 rings (SSSR count). The van der Waals surface area contributed by atoms with Crippen molar-refractivity contribution in [3.63, 3.8) is 0 Å². The molecular formula is C8H4ClF6NO. The highest BCUT2D eigenvalue weighted by Crippen LogP contribution is 2.34. The third kappa shape index (κ3) is 3.39. The van der Waals surface area contributed by atoms with Gasteiger partial charge in [0, 0.05) is 5.56 Å². The van der Waals surface area contributed by atoms with E-state index >= 15 is 0 Å². The highest BCUT2D eigenvalue weighted by Gasteiger charge is 2.34. The molecule has 17 heavy (non-hydrogen) atoms. The van der Waals surface area contributed by atoms with Crippen molar-refractivity contribution in [1.29, 1.82) is 0 Å². The fraction of sp³-hybridized carbons (Fsp3) is 0.375. The van der Waals surface area contributed by atoms with Crippen LogP contribution >= 0.6 is 11.6 Å². The Bertz CT molecular complexity index is 408. The van der Waals surface area contributed by atoms with Crippen molar-refractivity contribution < 1.29 is 31.1 Å². The van der Waals surface area contributed by atoms with Gasteiger partial charge in [0.1, 0.15) is 0 Å². The van der Waals surface area contributed by atoms with Crippen LogP contribution in [0.25, 0.3) is 0 Å². The average molecular weight is 280 g/mol. The van der Waals surface area contributed by atoms with Crippen molar-refractivity contribution in [3.8, 4) is 5.88 Å². The maximum absolute atomic E-state index is 13.0. The summed E-state index contributed by atoms with van der Waals surface area (Å²) in [4.78, 5) is 2.94. The van der Waals surface area contributed by atoms with E-state index in [0.29, 0.717) is 0 Å². The maximum atomic E-state index is 13.0. The van der Waals surface area contributed by atoms with Gasteiger partial charge in [-0.05, 0) is 0 Å². The minimum Gasteiger partial charge on any atom is -0.388 e. The third-order valence-electron chi connectivity index (χ3n) is 1.70. The standard InChI is InChI=1S/C8H4ClF6NO/c9-1-3-5(6(11)12)4(10)2-16-7(3)17-8(13,14)15/h2,6H,1H2. The average Bonchev–Trinajstić information content (AvgIpc) is 2.17. The van der Waals surface area contributed by atoms with Crippen LogP contribution in [-0.2, 0) is 5.88 Å². The second-order valence-electron chi connectivity index (χ2n) is 2.79. The van der Waals surface area contributed by atoms with Crippen LogP contribution in [0.4, 0.5) is 26.3 Å². The van der Waals surface area contributed by atoms with Gasteiger partial charge >= 0.3 is 6.36 Å². The molecule has 1 heterocycles. The molecule has 9 heteroatoms. The zero-order valence-corrected chi connectivity index (χ0v) is 8.62. The Balaban J connectivity index is 3.28. The second kappa shape index (κ2) is 4.99. The first-order valence-corrected chi connectivity index (χ1v) is 4.57. The van der Waals surface area contributed by atoms with Crippen molar-refractivity contribution in [3.05, 3.63) is 23.1 Å². The Kier molecular flexibility index (Phi) is 4.07. The molecule has 0 radical (unpaired) electrons. The van der Waals surface area contributed by atoms with Crippen molar-refractivity contribution >= 4 is 11.6 Å². The molecule has 0 aliphatic heterocycles. The predicted octanol–water partition coefficient (Wildman–Crippen LogP) is 3.80. The van der Waals surface area contributed by atoms with Gasteiger partial charge in [-0.3, -0.25) is 0 Å². The van der Waals surface area contributed by atoms with Crippen LogP contribution in [0.1, 0.15) is 17.6 Å². The summed E-state index contributed by atoms with van der Waals surface area (Å²) in [6, 6.07) is 0. The molecule has 0 N–H and O–H groups in total. The summed E-state index contributed by atoms with van der Waals surface area (Å²) in [5.41, 5.74) is -2.06. The fourth-order valence-electron chi connectivity index (χ4n) is 1.08. The van der Waals surface area contributed by atoms with E-state index in [2.05, 4.69) is 9.72 Å². The molecule has 0 amide bonds. The smallest absolute Gasteiger partial charge is 0.388 e. The number of alkyl halides is 6. The number of nitrogens with zero attached hydrogens (tertiary/aromatic N) is 1. The SMILES string of the molecule is Fc1cnc(OC(F)(F)F)c(CCl)c1C(F)F. The predicted molar refractivity (Wildman–Crippen MR) is 45.4 cm³/mol. The molecule has 0 aliphatic carbocycles. The molecule has 0 aliphatic rings. The van der Waals surface area contributed by atoms with Crippen LogP contribution in [0.15, 0.2) is 6.20 Å². The molecular weight excluding hydrogens is 276 g/mol. The van der Waals surface area contributed by atoms with E-state index < -0.39 is 41.5 Å². The van der Waals surface area contributed by atoms with Gasteiger partial charge in [-0.2, -0.15) is 0 Å². The van der Waals surface area contributed by atoms with Gasteiger partial charge in [-0.15, -0.1) is 24.8 Å². The van der Waals surface area contributed by atoms with Crippen LogP contribution in [0.2, 0.25) is 0 Å². The summed E-state index contributed by atoms with van der Waals surface area (Å²) in [6.07, 6.45) is -8.22. The summed E-state index contributed by atoms with van der Waals surface area (Å²) < 4.78 is 76.9. The normalized spacial score (nSPS) is 12.0. The van der Waals surface area contributed by atoms with Crippen molar-refractivity contribution in [1.82, 2.24) is 4.98 Å². The Hall–Kier alpha value is -1.18. The van der Waals surface area contributed by atoms with Crippen LogP contribution in [0.5, 0.6) is 5.88 Å². The van der Waals surface area contributed by atoms with Crippen LogP contribution < -0.4 is 4.74 Å². The molecule has 0 saturated carbocycles. The number of ether oxygens (including phenoxy) is 1. The number of hydrogen-bond acceptors (Lipinski definition) is 2. The molecule has 1 aromatic rings. The zero-order valence-electron chi connectivity index (χ0n) is 7.86. The minimum absolute atomic E-state index is 0.221. The summed E-state index contributed by atoms with van der Waals surface area (Å²) in [6.45, 7) is 0. The van der Waals surface area contributed by atoms with E-state index in [0.717, 1.165) is 0 Å². The lowest BCUT2D eigenvalue weighted by Crippen LogP contribution is -2.19. The molecule has 96 valence electrons. The van der Waals surface area contributed by atoms with E-state index in [1.807, 2.05) is 0 Å². The number of aromatic nitrogens is 1. The maximum Gasteiger partial charge on any atom is 0.574 e. The lowest BCUT2D eigenvalue weighted by Gasteiger charge is -2.14. The molecule has 1 aromatic heterocycles. The van der Waals surface area contributed by atoms with Gasteiger partial charge < -0.3 is 4.74 Å². The van der Waals surface area contributed by atoms with E-state index in [1.54, 1.807) is 0 Å². The summed E-state index contributed by atoms with van der Waals surface area (Å²) in [5, 5.41) is 0. The molecule has 0 atom stereocenters. The Morgan fingerprint density at radius 2 is 1.94 bits per heavy atom. The molecule has 0 unspecified atom stereocenters. The van der Waals surface area contributed by atoms with Crippen LogP contribution in [0, 0.1) is 5.82 Å².